The van der Waals surface area contributed by atoms with E-state index in [1.807, 2.05) is 6.92 Å². The molecule has 1 aromatic rings. The van der Waals surface area contributed by atoms with Crippen molar-refractivity contribution in [1.82, 2.24) is 0 Å². The van der Waals surface area contributed by atoms with Crippen LogP contribution >= 0.6 is 0 Å². The number of amides is 1. The van der Waals surface area contributed by atoms with Crippen molar-refractivity contribution in [1.29, 1.82) is 0 Å². The molecule has 5 heteroatoms. The number of nitrogens with one attached hydrogen (secondary N) is 1. The lowest BCUT2D eigenvalue weighted by Gasteiger charge is -2.37. The lowest BCUT2D eigenvalue weighted by molar-refractivity contribution is -0.118. The maximum atomic E-state index is 11.9. The lowest BCUT2D eigenvalue weighted by atomic mass is 9.75. The van der Waals surface area contributed by atoms with Gasteiger partial charge in [-0.2, -0.15) is 0 Å². The highest BCUT2D eigenvalue weighted by molar-refractivity contribution is 5.91. The molecule has 5 nitrogen and oxygen atoms in total. The maximum absolute atomic E-state index is 11.9. The Morgan fingerprint density at radius 3 is 2.80 bits per heavy atom. The quantitative estimate of drug-likeness (QED) is 0.740. The molecule has 0 spiro atoms. The van der Waals surface area contributed by atoms with Crippen LogP contribution in [-0.2, 0) is 11.4 Å². The number of rotatable bonds is 6. The Balaban J connectivity index is 2.00. The molecule has 0 unspecified atom stereocenters. The van der Waals surface area contributed by atoms with Gasteiger partial charge in [-0.15, -0.1) is 0 Å². The fourth-order valence-electron chi connectivity index (χ4n) is 2.41. The van der Waals surface area contributed by atoms with Crippen molar-refractivity contribution in [2.75, 3.05) is 11.9 Å². The number of benzene rings is 1. The van der Waals surface area contributed by atoms with E-state index in [2.05, 4.69) is 5.32 Å². The predicted octanol–water partition coefficient (Wildman–Crippen LogP) is 1.79. The van der Waals surface area contributed by atoms with Crippen LogP contribution in [0.15, 0.2) is 18.2 Å². The van der Waals surface area contributed by atoms with Crippen molar-refractivity contribution < 1.29 is 14.6 Å². The third-order valence-corrected chi connectivity index (χ3v) is 3.68. The maximum Gasteiger partial charge on any atom is 0.226 e. The first kappa shape index (κ1) is 14.8. The molecular weight excluding hydrogens is 256 g/mol. The van der Waals surface area contributed by atoms with Gasteiger partial charge in [0.2, 0.25) is 5.91 Å². The average Bonchev–Trinajstić information content (AvgIpc) is 2.38. The minimum atomic E-state index is -0.324. The zero-order valence-electron chi connectivity index (χ0n) is 11.8. The minimum Gasteiger partial charge on any atom is -0.494 e. The van der Waals surface area contributed by atoms with Gasteiger partial charge in [0.15, 0.2) is 0 Å². The van der Waals surface area contributed by atoms with Gasteiger partial charge >= 0.3 is 0 Å². The smallest absolute Gasteiger partial charge is 0.226 e. The summed E-state index contributed by atoms with van der Waals surface area (Å²) in [5, 5.41) is 12.1. The zero-order chi connectivity index (χ0) is 14.6. The molecule has 0 aliphatic heterocycles. The second-order valence-electron chi connectivity index (χ2n) is 5.35. The molecule has 1 aliphatic rings. The summed E-state index contributed by atoms with van der Waals surface area (Å²) in [6.07, 6.45) is 3.26. The highest BCUT2D eigenvalue weighted by Gasteiger charge is 2.34. The van der Waals surface area contributed by atoms with Crippen LogP contribution in [0, 0.1) is 0 Å². The van der Waals surface area contributed by atoms with E-state index in [9.17, 15) is 9.90 Å². The molecule has 1 amide bonds. The van der Waals surface area contributed by atoms with Gasteiger partial charge in [-0.3, -0.25) is 4.79 Å². The van der Waals surface area contributed by atoms with E-state index in [1.54, 1.807) is 18.2 Å². The number of hydrogen-bond donors (Lipinski definition) is 3. The number of carbonyl (C=O) groups excluding carboxylic acids is 1. The summed E-state index contributed by atoms with van der Waals surface area (Å²) >= 11 is 0. The summed E-state index contributed by atoms with van der Waals surface area (Å²) in [6, 6.07) is 5.26. The van der Waals surface area contributed by atoms with Crippen molar-refractivity contribution >= 4 is 11.6 Å². The number of aliphatic hydroxyl groups is 1. The van der Waals surface area contributed by atoms with Crippen LogP contribution in [-0.4, -0.2) is 23.2 Å². The van der Waals surface area contributed by atoms with Crippen molar-refractivity contribution in [3.8, 4) is 5.75 Å². The standard InChI is InChI=1S/C15H22N2O3/c1-2-20-13-5-4-12(8-11(13)10-18)17-14(19)9-15(16)6-3-7-15/h4-5,8,18H,2-3,6-7,9-10,16H2,1H3,(H,17,19). The van der Waals surface area contributed by atoms with E-state index in [1.165, 1.54) is 0 Å². The Bertz CT molecular complexity index is 484. The molecule has 2 rings (SSSR count). The number of aliphatic hydroxyl groups excluding tert-OH is 1. The Kier molecular flexibility index (Phi) is 4.62. The Morgan fingerprint density at radius 2 is 2.25 bits per heavy atom. The molecule has 0 bridgehead atoms. The van der Waals surface area contributed by atoms with Crippen LogP contribution in [0.3, 0.4) is 0 Å². The SMILES string of the molecule is CCOc1ccc(NC(=O)CC2(N)CCC2)cc1CO. The van der Waals surface area contributed by atoms with Gasteiger partial charge in [-0.1, -0.05) is 0 Å². The number of ether oxygens (including phenoxy) is 1. The number of hydrogen-bond acceptors (Lipinski definition) is 4. The monoisotopic (exact) mass is 278 g/mol. The predicted molar refractivity (Wildman–Crippen MR) is 77.5 cm³/mol. The van der Waals surface area contributed by atoms with Gasteiger partial charge in [0, 0.05) is 23.2 Å². The molecule has 0 saturated heterocycles. The second-order valence-corrected chi connectivity index (χ2v) is 5.35. The molecule has 1 aliphatic carbocycles. The summed E-state index contributed by atoms with van der Waals surface area (Å²) in [5.41, 5.74) is 7.05. The Morgan fingerprint density at radius 1 is 1.50 bits per heavy atom. The third kappa shape index (κ3) is 3.49. The van der Waals surface area contributed by atoms with Gasteiger partial charge in [-0.05, 0) is 44.4 Å². The van der Waals surface area contributed by atoms with Crippen molar-refractivity contribution in [3.63, 3.8) is 0 Å². The molecule has 0 radical (unpaired) electrons. The zero-order valence-corrected chi connectivity index (χ0v) is 11.8. The average molecular weight is 278 g/mol. The van der Waals surface area contributed by atoms with E-state index in [0.29, 0.717) is 30.0 Å². The Hall–Kier alpha value is -1.59. The lowest BCUT2D eigenvalue weighted by Crippen LogP contribution is -2.48. The molecular formula is C15H22N2O3. The van der Waals surface area contributed by atoms with Crippen LogP contribution < -0.4 is 15.8 Å². The molecule has 110 valence electrons. The summed E-state index contributed by atoms with van der Waals surface area (Å²) in [5.74, 6) is 0.558. The molecule has 1 aromatic carbocycles. The number of nitrogens with two attached hydrogens (primary N) is 1. The first-order chi connectivity index (χ1) is 9.56. The van der Waals surface area contributed by atoms with Crippen LogP contribution in [0.1, 0.15) is 38.2 Å². The van der Waals surface area contributed by atoms with E-state index < -0.39 is 0 Å². The highest BCUT2D eigenvalue weighted by atomic mass is 16.5. The van der Waals surface area contributed by atoms with Gasteiger partial charge in [-0.25, -0.2) is 0 Å². The topological polar surface area (TPSA) is 84.6 Å². The van der Waals surface area contributed by atoms with Gasteiger partial charge < -0.3 is 20.9 Å². The van der Waals surface area contributed by atoms with Crippen molar-refractivity contribution in [3.05, 3.63) is 23.8 Å². The Labute approximate surface area is 119 Å². The molecule has 0 heterocycles. The highest BCUT2D eigenvalue weighted by Crippen LogP contribution is 2.32. The normalized spacial score (nSPS) is 16.4. The second kappa shape index (κ2) is 6.24. The largest absolute Gasteiger partial charge is 0.494 e. The third-order valence-electron chi connectivity index (χ3n) is 3.68. The number of carbonyl (C=O) groups is 1. The molecule has 1 saturated carbocycles. The fraction of sp³-hybridized carbons (Fsp3) is 0.533. The molecule has 0 atom stereocenters. The van der Waals surface area contributed by atoms with E-state index in [0.717, 1.165) is 19.3 Å². The fourth-order valence-corrected chi connectivity index (χ4v) is 2.41. The van der Waals surface area contributed by atoms with Gasteiger partial charge in [0.25, 0.3) is 0 Å². The van der Waals surface area contributed by atoms with Crippen LogP contribution in [0.2, 0.25) is 0 Å². The van der Waals surface area contributed by atoms with Gasteiger partial charge in [0.05, 0.1) is 13.2 Å². The molecule has 0 aromatic heterocycles. The number of anilines is 1. The van der Waals surface area contributed by atoms with Crippen molar-refractivity contribution in [2.24, 2.45) is 5.73 Å². The van der Waals surface area contributed by atoms with Crippen LogP contribution in [0.25, 0.3) is 0 Å². The van der Waals surface area contributed by atoms with Crippen molar-refractivity contribution in [2.45, 2.75) is 44.8 Å². The summed E-state index contributed by atoms with van der Waals surface area (Å²) in [4.78, 5) is 11.9. The van der Waals surface area contributed by atoms with Crippen LogP contribution in [0.4, 0.5) is 5.69 Å². The van der Waals surface area contributed by atoms with E-state index in [4.69, 9.17) is 10.5 Å². The summed E-state index contributed by atoms with van der Waals surface area (Å²) in [6.45, 7) is 2.30. The molecule has 20 heavy (non-hydrogen) atoms. The summed E-state index contributed by atoms with van der Waals surface area (Å²) in [7, 11) is 0. The molecule has 1 fully saturated rings. The van der Waals surface area contributed by atoms with Crippen LogP contribution in [0.5, 0.6) is 5.75 Å². The first-order valence-corrected chi connectivity index (χ1v) is 7.01. The summed E-state index contributed by atoms with van der Waals surface area (Å²) < 4.78 is 5.40. The van der Waals surface area contributed by atoms with E-state index >= 15 is 0 Å². The van der Waals surface area contributed by atoms with Gasteiger partial charge in [0.1, 0.15) is 5.75 Å². The minimum absolute atomic E-state index is 0.0831. The molecule has 4 N–H and O–H groups in total. The first-order valence-electron chi connectivity index (χ1n) is 7.01. The van der Waals surface area contributed by atoms with E-state index in [-0.39, 0.29) is 18.1 Å².